The van der Waals surface area contributed by atoms with Crippen molar-refractivity contribution < 1.29 is 9.53 Å². The van der Waals surface area contributed by atoms with Crippen molar-refractivity contribution in [1.82, 2.24) is 4.98 Å². The number of esters is 1. The van der Waals surface area contributed by atoms with Crippen LogP contribution in [0.2, 0.25) is 5.02 Å². The predicted molar refractivity (Wildman–Crippen MR) is 140 cm³/mol. The summed E-state index contributed by atoms with van der Waals surface area (Å²) in [7, 11) is 0. The zero-order chi connectivity index (χ0) is 23.5. The van der Waals surface area contributed by atoms with Gasteiger partial charge in [0.15, 0.2) is 0 Å². The van der Waals surface area contributed by atoms with Gasteiger partial charge in [0, 0.05) is 16.8 Å². The number of thiazole rings is 1. The molecule has 0 bridgehead atoms. The van der Waals surface area contributed by atoms with Crippen LogP contribution in [0, 0.1) is 6.92 Å². The van der Waals surface area contributed by atoms with E-state index in [1.54, 1.807) is 53.9 Å². The molecule has 0 aliphatic rings. The Balaban J connectivity index is 1.24. The molecular formula is C28H19ClN2O2S. The van der Waals surface area contributed by atoms with Crippen molar-refractivity contribution in [2.24, 2.45) is 4.99 Å². The van der Waals surface area contributed by atoms with Gasteiger partial charge < -0.3 is 4.74 Å². The van der Waals surface area contributed by atoms with Crippen LogP contribution >= 0.6 is 22.9 Å². The fourth-order valence-corrected chi connectivity index (χ4v) is 4.56. The third-order valence-electron chi connectivity index (χ3n) is 5.19. The molecule has 4 aromatic carbocycles. The summed E-state index contributed by atoms with van der Waals surface area (Å²) >= 11 is 7.55. The standard InChI is InChI=1S/C28H19ClN2O2S/c1-18-2-15-25-26(16-18)34-27(31-25)20-7-11-23(12-8-20)30-17-19-3-13-24(14-4-19)33-28(32)21-5-9-22(29)10-6-21/h2-17H,1H3. The summed E-state index contributed by atoms with van der Waals surface area (Å²) in [5.41, 5.74) is 5.52. The first kappa shape index (κ1) is 22.0. The van der Waals surface area contributed by atoms with Crippen LogP contribution in [0.1, 0.15) is 21.5 Å². The molecule has 0 saturated heterocycles. The van der Waals surface area contributed by atoms with E-state index in [0.29, 0.717) is 16.3 Å². The number of rotatable bonds is 5. The fourth-order valence-electron chi connectivity index (χ4n) is 3.37. The smallest absolute Gasteiger partial charge is 0.343 e. The summed E-state index contributed by atoms with van der Waals surface area (Å²) < 4.78 is 6.60. The second-order valence-electron chi connectivity index (χ2n) is 7.76. The van der Waals surface area contributed by atoms with Gasteiger partial charge in [-0.2, -0.15) is 0 Å². The second kappa shape index (κ2) is 9.59. The number of halogens is 1. The molecule has 0 N–H and O–H groups in total. The van der Waals surface area contributed by atoms with Gasteiger partial charge in [0.1, 0.15) is 10.8 Å². The van der Waals surface area contributed by atoms with Gasteiger partial charge in [-0.1, -0.05) is 17.7 Å². The molecule has 4 nitrogen and oxygen atoms in total. The second-order valence-corrected chi connectivity index (χ2v) is 9.23. The summed E-state index contributed by atoms with van der Waals surface area (Å²) in [4.78, 5) is 21.5. The quantitative estimate of drug-likeness (QED) is 0.145. The number of carbonyl (C=O) groups excluding carboxylic acids is 1. The first-order valence-corrected chi connectivity index (χ1v) is 11.8. The maximum absolute atomic E-state index is 12.2. The van der Waals surface area contributed by atoms with E-state index in [9.17, 15) is 4.79 Å². The van der Waals surface area contributed by atoms with Gasteiger partial charge in [-0.25, -0.2) is 9.78 Å². The van der Waals surface area contributed by atoms with Crippen LogP contribution in [0.3, 0.4) is 0 Å². The fraction of sp³-hybridized carbons (Fsp3) is 0.0357. The van der Waals surface area contributed by atoms with E-state index in [0.717, 1.165) is 27.3 Å². The molecule has 34 heavy (non-hydrogen) atoms. The number of hydrogen-bond donors (Lipinski definition) is 0. The van der Waals surface area contributed by atoms with Crippen molar-refractivity contribution in [3.8, 4) is 16.3 Å². The van der Waals surface area contributed by atoms with E-state index in [1.165, 1.54) is 10.3 Å². The van der Waals surface area contributed by atoms with Crippen molar-refractivity contribution in [3.63, 3.8) is 0 Å². The molecule has 0 saturated carbocycles. The Morgan fingerprint density at radius 1 is 0.941 bits per heavy atom. The Morgan fingerprint density at radius 3 is 2.41 bits per heavy atom. The molecule has 0 unspecified atom stereocenters. The molecule has 5 aromatic rings. The molecule has 0 atom stereocenters. The number of nitrogens with zero attached hydrogens (tertiary/aromatic N) is 2. The molecule has 5 rings (SSSR count). The minimum Gasteiger partial charge on any atom is -0.423 e. The van der Waals surface area contributed by atoms with Crippen molar-refractivity contribution in [1.29, 1.82) is 0 Å². The Kier molecular flexibility index (Phi) is 6.21. The zero-order valence-corrected chi connectivity index (χ0v) is 19.8. The molecule has 1 aromatic heterocycles. The van der Waals surface area contributed by atoms with E-state index in [-0.39, 0.29) is 0 Å². The highest BCUT2D eigenvalue weighted by Gasteiger charge is 2.09. The highest BCUT2D eigenvalue weighted by atomic mass is 35.5. The monoisotopic (exact) mass is 482 g/mol. The Morgan fingerprint density at radius 2 is 1.68 bits per heavy atom. The van der Waals surface area contributed by atoms with Gasteiger partial charge >= 0.3 is 5.97 Å². The lowest BCUT2D eigenvalue weighted by Crippen LogP contribution is -2.08. The van der Waals surface area contributed by atoms with Crippen LogP contribution in [0.4, 0.5) is 5.69 Å². The average molecular weight is 483 g/mol. The first-order valence-electron chi connectivity index (χ1n) is 10.6. The lowest BCUT2D eigenvalue weighted by atomic mass is 10.2. The molecule has 6 heteroatoms. The van der Waals surface area contributed by atoms with Crippen LogP contribution in [-0.4, -0.2) is 17.2 Å². The lowest BCUT2D eigenvalue weighted by molar-refractivity contribution is 0.0735. The largest absolute Gasteiger partial charge is 0.423 e. The molecular weight excluding hydrogens is 464 g/mol. The highest BCUT2D eigenvalue weighted by Crippen LogP contribution is 2.31. The number of aliphatic imine (C=N–C) groups is 1. The number of fused-ring (bicyclic) bond motifs is 1. The molecule has 0 fully saturated rings. The van der Waals surface area contributed by atoms with E-state index < -0.39 is 5.97 Å². The topological polar surface area (TPSA) is 51.6 Å². The first-order chi connectivity index (χ1) is 16.5. The van der Waals surface area contributed by atoms with Crippen molar-refractivity contribution >= 4 is 51.0 Å². The van der Waals surface area contributed by atoms with Crippen LogP contribution < -0.4 is 4.74 Å². The van der Waals surface area contributed by atoms with Crippen LogP contribution in [0.15, 0.2) is 96.0 Å². The molecule has 0 aliphatic heterocycles. The average Bonchev–Trinajstić information content (AvgIpc) is 3.27. The summed E-state index contributed by atoms with van der Waals surface area (Å²) in [5, 5.41) is 1.57. The van der Waals surface area contributed by atoms with Gasteiger partial charge in [-0.15, -0.1) is 11.3 Å². The third-order valence-corrected chi connectivity index (χ3v) is 6.51. The van der Waals surface area contributed by atoms with Gasteiger partial charge in [0.2, 0.25) is 0 Å². The van der Waals surface area contributed by atoms with Crippen LogP contribution in [0.5, 0.6) is 5.75 Å². The van der Waals surface area contributed by atoms with Crippen LogP contribution in [-0.2, 0) is 0 Å². The van der Waals surface area contributed by atoms with Crippen molar-refractivity contribution in [3.05, 3.63) is 113 Å². The van der Waals surface area contributed by atoms with E-state index in [1.807, 2.05) is 36.4 Å². The van der Waals surface area contributed by atoms with Gasteiger partial charge in [0.25, 0.3) is 0 Å². The SMILES string of the molecule is Cc1ccc2nc(-c3ccc(N=Cc4ccc(OC(=O)c5ccc(Cl)cc5)cc4)cc3)sc2c1. The maximum atomic E-state index is 12.2. The van der Waals surface area contributed by atoms with Crippen molar-refractivity contribution in [2.75, 3.05) is 0 Å². The summed E-state index contributed by atoms with van der Waals surface area (Å²) in [6.45, 7) is 2.09. The van der Waals surface area contributed by atoms with E-state index in [2.05, 4.69) is 30.1 Å². The van der Waals surface area contributed by atoms with Crippen LogP contribution in [0.25, 0.3) is 20.8 Å². The Labute approximate surface area is 206 Å². The van der Waals surface area contributed by atoms with Gasteiger partial charge in [-0.3, -0.25) is 4.99 Å². The summed E-state index contributed by atoms with van der Waals surface area (Å²) in [6.07, 6.45) is 1.78. The Bertz CT molecular complexity index is 1490. The predicted octanol–water partition coefficient (Wildman–Crippen LogP) is 7.89. The number of carbonyl (C=O) groups is 1. The van der Waals surface area contributed by atoms with E-state index in [4.69, 9.17) is 21.3 Å². The normalized spacial score (nSPS) is 11.2. The minimum absolute atomic E-state index is 0.429. The zero-order valence-electron chi connectivity index (χ0n) is 18.2. The summed E-state index contributed by atoms with van der Waals surface area (Å²) in [5.74, 6) is 0.0360. The molecule has 0 radical (unpaired) electrons. The summed E-state index contributed by atoms with van der Waals surface area (Å²) in [6, 6.07) is 28.1. The van der Waals surface area contributed by atoms with Gasteiger partial charge in [0.05, 0.1) is 21.5 Å². The molecule has 0 amide bonds. The molecule has 0 spiro atoms. The minimum atomic E-state index is -0.429. The number of ether oxygens (including phenoxy) is 1. The number of aryl methyl sites for hydroxylation is 1. The number of aromatic nitrogens is 1. The molecule has 1 heterocycles. The maximum Gasteiger partial charge on any atom is 0.343 e. The Hall–Kier alpha value is -3.80. The van der Waals surface area contributed by atoms with Crippen molar-refractivity contribution in [2.45, 2.75) is 6.92 Å². The van der Waals surface area contributed by atoms with Gasteiger partial charge in [-0.05, 0) is 103 Å². The highest BCUT2D eigenvalue weighted by molar-refractivity contribution is 7.21. The number of hydrogen-bond acceptors (Lipinski definition) is 5. The molecule has 0 aliphatic carbocycles. The van der Waals surface area contributed by atoms with E-state index >= 15 is 0 Å². The molecule has 166 valence electrons. The third kappa shape index (κ3) is 5.06. The lowest BCUT2D eigenvalue weighted by Gasteiger charge is -2.04. The number of benzene rings is 4.